The van der Waals surface area contributed by atoms with Gasteiger partial charge in [-0.2, -0.15) is 0 Å². The van der Waals surface area contributed by atoms with Gasteiger partial charge in [0.1, 0.15) is 24.1 Å². The van der Waals surface area contributed by atoms with Crippen LogP contribution in [0.25, 0.3) is 11.0 Å². The van der Waals surface area contributed by atoms with Crippen molar-refractivity contribution in [3.63, 3.8) is 0 Å². The number of likely N-dealkylation sites (N-methyl/N-ethyl adjacent to an activating group) is 1. The second-order valence-electron chi connectivity index (χ2n) is 9.57. The van der Waals surface area contributed by atoms with Crippen molar-refractivity contribution in [2.75, 3.05) is 32.6 Å². The Labute approximate surface area is 229 Å². The average Bonchev–Trinajstić information content (AvgIpc) is 3.40. The summed E-state index contributed by atoms with van der Waals surface area (Å²) in [5, 5.41) is 4.07. The maximum Gasteiger partial charge on any atom is 0.337 e. The number of halogens is 2. The van der Waals surface area contributed by atoms with E-state index in [1.807, 2.05) is 23.6 Å². The number of anilines is 1. The highest BCUT2D eigenvalue weighted by Gasteiger charge is 2.36. The van der Waals surface area contributed by atoms with Crippen molar-refractivity contribution in [3.05, 3.63) is 94.8 Å². The molecule has 0 bridgehead atoms. The fourth-order valence-electron chi connectivity index (χ4n) is 4.52. The van der Waals surface area contributed by atoms with Crippen LogP contribution in [0.4, 0.5) is 14.5 Å². The number of rotatable bonds is 9. The highest BCUT2D eigenvalue weighted by molar-refractivity contribution is 6.54. The minimum atomic E-state index is -0.520. The van der Waals surface area contributed by atoms with Gasteiger partial charge in [0.2, 0.25) is 0 Å². The Morgan fingerprint density at radius 1 is 1.02 bits per heavy atom. The van der Waals surface area contributed by atoms with Crippen molar-refractivity contribution in [3.8, 4) is 0 Å². The standard InChI is InChI=1S/C29H27F2N5O4/c1-34(2)12-13-35-25-11-9-21(31)15-23(25)32-26(35)16-36-24-10-8-20(30)14-22(24)27(28(36)37)33-40-17-18-4-6-19(7-5-18)29(38)39-3/h4-11,14-15H,12-13,16-17H2,1-3H3. The van der Waals surface area contributed by atoms with E-state index in [0.29, 0.717) is 46.8 Å². The lowest BCUT2D eigenvalue weighted by molar-refractivity contribution is -0.112. The summed E-state index contributed by atoms with van der Waals surface area (Å²) in [5.41, 5.74) is 3.06. The largest absolute Gasteiger partial charge is 0.465 e. The topological polar surface area (TPSA) is 89.3 Å². The predicted octanol–water partition coefficient (Wildman–Crippen LogP) is 4.13. The Morgan fingerprint density at radius 2 is 1.75 bits per heavy atom. The first-order valence-corrected chi connectivity index (χ1v) is 12.5. The summed E-state index contributed by atoms with van der Waals surface area (Å²) < 4.78 is 34.8. The fraction of sp³-hybridized carbons (Fsp3) is 0.241. The van der Waals surface area contributed by atoms with Gasteiger partial charge >= 0.3 is 5.97 Å². The first kappa shape index (κ1) is 26.9. The molecule has 1 amide bonds. The molecular weight excluding hydrogens is 520 g/mol. The molecule has 1 aromatic heterocycles. The number of aromatic nitrogens is 2. The minimum absolute atomic E-state index is 0.0226. The van der Waals surface area contributed by atoms with Crippen molar-refractivity contribution >= 4 is 34.3 Å². The van der Waals surface area contributed by atoms with Crippen molar-refractivity contribution in [2.24, 2.45) is 5.16 Å². The maximum atomic E-state index is 14.2. The summed E-state index contributed by atoms with van der Waals surface area (Å²) in [7, 11) is 5.20. The molecule has 0 aliphatic carbocycles. The number of ether oxygens (including phenoxy) is 1. The van der Waals surface area contributed by atoms with Crippen LogP contribution in [0.5, 0.6) is 0 Å². The number of benzene rings is 3. The van der Waals surface area contributed by atoms with E-state index in [4.69, 9.17) is 9.57 Å². The Kier molecular flexibility index (Phi) is 7.56. The number of esters is 1. The normalized spacial score (nSPS) is 13.9. The molecule has 2 heterocycles. The van der Waals surface area contributed by atoms with Crippen LogP contribution < -0.4 is 4.90 Å². The lowest BCUT2D eigenvalue weighted by Crippen LogP contribution is -2.31. The van der Waals surface area contributed by atoms with Gasteiger partial charge in [0.15, 0.2) is 5.71 Å². The Morgan fingerprint density at radius 3 is 2.48 bits per heavy atom. The molecule has 40 heavy (non-hydrogen) atoms. The van der Waals surface area contributed by atoms with Crippen LogP contribution >= 0.6 is 0 Å². The molecule has 0 saturated carbocycles. The molecule has 0 fully saturated rings. The van der Waals surface area contributed by atoms with E-state index in [1.165, 1.54) is 42.3 Å². The molecule has 11 heteroatoms. The number of carbonyl (C=O) groups is 2. The molecule has 0 spiro atoms. The monoisotopic (exact) mass is 547 g/mol. The number of carbonyl (C=O) groups excluding carboxylic acids is 2. The number of hydrogen-bond donors (Lipinski definition) is 0. The van der Waals surface area contributed by atoms with Crippen LogP contribution in [0.1, 0.15) is 27.3 Å². The summed E-state index contributed by atoms with van der Waals surface area (Å²) in [6.07, 6.45) is 0. The summed E-state index contributed by atoms with van der Waals surface area (Å²) in [5.74, 6) is -1.30. The highest BCUT2D eigenvalue weighted by Crippen LogP contribution is 2.32. The van der Waals surface area contributed by atoms with E-state index >= 15 is 0 Å². The number of hydrogen-bond acceptors (Lipinski definition) is 7. The SMILES string of the molecule is COC(=O)c1ccc(CON=C2C(=O)N(Cc3nc4cc(F)ccc4n3CCN(C)C)c3ccc(F)cc32)cc1. The lowest BCUT2D eigenvalue weighted by atomic mass is 10.1. The molecular formula is C29H27F2N5O4. The van der Waals surface area contributed by atoms with Gasteiger partial charge in [0.25, 0.3) is 5.91 Å². The summed E-state index contributed by atoms with van der Waals surface area (Å²) in [4.78, 5) is 38.8. The van der Waals surface area contributed by atoms with E-state index in [2.05, 4.69) is 10.1 Å². The van der Waals surface area contributed by atoms with Gasteiger partial charge in [-0.05, 0) is 62.1 Å². The molecule has 3 aromatic carbocycles. The van der Waals surface area contributed by atoms with Crippen LogP contribution in [0.3, 0.4) is 0 Å². The van der Waals surface area contributed by atoms with Gasteiger partial charge in [-0.25, -0.2) is 18.6 Å². The molecule has 5 rings (SSSR count). The lowest BCUT2D eigenvalue weighted by Gasteiger charge is -2.19. The van der Waals surface area contributed by atoms with Gasteiger partial charge in [0.05, 0.1) is 35.9 Å². The molecule has 206 valence electrons. The Balaban J connectivity index is 1.42. The molecule has 0 N–H and O–H groups in total. The molecule has 0 atom stereocenters. The zero-order valence-corrected chi connectivity index (χ0v) is 22.2. The first-order chi connectivity index (χ1) is 19.2. The first-order valence-electron chi connectivity index (χ1n) is 12.5. The summed E-state index contributed by atoms with van der Waals surface area (Å²) in [6, 6.07) is 15.0. The number of imidazole rings is 1. The molecule has 9 nitrogen and oxygen atoms in total. The average molecular weight is 548 g/mol. The van der Waals surface area contributed by atoms with Crippen molar-refractivity contribution in [1.29, 1.82) is 0 Å². The smallest absolute Gasteiger partial charge is 0.337 e. The molecule has 0 radical (unpaired) electrons. The van der Waals surface area contributed by atoms with Gasteiger partial charge in [-0.1, -0.05) is 17.3 Å². The van der Waals surface area contributed by atoms with E-state index in [-0.39, 0.29) is 18.9 Å². The Bertz CT molecular complexity index is 1610. The van der Waals surface area contributed by atoms with Gasteiger partial charge in [-0.3, -0.25) is 9.69 Å². The van der Waals surface area contributed by atoms with Gasteiger partial charge < -0.3 is 19.0 Å². The minimum Gasteiger partial charge on any atom is -0.465 e. The van der Waals surface area contributed by atoms with Crippen LogP contribution in [0, 0.1) is 11.6 Å². The van der Waals surface area contributed by atoms with Crippen molar-refractivity contribution in [2.45, 2.75) is 19.7 Å². The van der Waals surface area contributed by atoms with E-state index in [0.717, 1.165) is 5.52 Å². The van der Waals surface area contributed by atoms with Crippen LogP contribution in [-0.2, 0) is 34.1 Å². The van der Waals surface area contributed by atoms with E-state index < -0.39 is 23.5 Å². The number of amides is 1. The van der Waals surface area contributed by atoms with Crippen LogP contribution in [0.2, 0.25) is 0 Å². The third-order valence-corrected chi connectivity index (χ3v) is 6.57. The fourth-order valence-corrected chi connectivity index (χ4v) is 4.52. The van der Waals surface area contributed by atoms with E-state index in [9.17, 15) is 18.4 Å². The van der Waals surface area contributed by atoms with Crippen LogP contribution in [0.15, 0.2) is 65.8 Å². The maximum absolute atomic E-state index is 14.2. The number of nitrogens with zero attached hydrogens (tertiary/aromatic N) is 5. The number of oxime groups is 1. The molecule has 0 unspecified atom stereocenters. The molecule has 1 aliphatic rings. The molecule has 1 aliphatic heterocycles. The van der Waals surface area contributed by atoms with Crippen molar-refractivity contribution in [1.82, 2.24) is 14.5 Å². The van der Waals surface area contributed by atoms with E-state index in [1.54, 1.807) is 30.3 Å². The zero-order chi connectivity index (χ0) is 28.4. The second kappa shape index (κ2) is 11.2. The second-order valence-corrected chi connectivity index (χ2v) is 9.57. The van der Waals surface area contributed by atoms with Gasteiger partial charge in [0, 0.05) is 24.7 Å². The third-order valence-electron chi connectivity index (χ3n) is 6.57. The van der Waals surface area contributed by atoms with Crippen LogP contribution in [-0.4, -0.2) is 59.8 Å². The molecule has 0 saturated heterocycles. The highest BCUT2D eigenvalue weighted by atomic mass is 19.1. The molecule has 4 aromatic rings. The quantitative estimate of drug-likeness (QED) is 0.231. The Hall–Kier alpha value is -4.64. The summed E-state index contributed by atoms with van der Waals surface area (Å²) >= 11 is 0. The number of methoxy groups -OCH3 is 1. The number of fused-ring (bicyclic) bond motifs is 2. The van der Waals surface area contributed by atoms with Crippen molar-refractivity contribution < 1.29 is 27.9 Å². The summed E-state index contributed by atoms with van der Waals surface area (Å²) in [6.45, 7) is 1.36. The van der Waals surface area contributed by atoms with Gasteiger partial charge in [-0.15, -0.1) is 0 Å². The predicted molar refractivity (Wildman–Crippen MR) is 145 cm³/mol. The zero-order valence-electron chi connectivity index (χ0n) is 22.2. The third kappa shape index (κ3) is 5.41.